The molecular weight excluding hydrogens is 210 g/mol. The molecule has 0 unspecified atom stereocenters. The largest absolute Gasteiger partial charge is 0.497 e. The first kappa shape index (κ1) is 11.7. The first-order valence-electron chi connectivity index (χ1n) is 4.53. The van der Waals surface area contributed by atoms with Crippen LogP contribution in [-0.4, -0.2) is 20.0 Å². The van der Waals surface area contributed by atoms with E-state index in [1.165, 1.54) is 0 Å². The zero-order valence-corrected chi connectivity index (χ0v) is 9.63. The number of rotatable bonds is 5. The molecule has 0 N–H and O–H groups in total. The van der Waals surface area contributed by atoms with Gasteiger partial charge in [0.05, 0.1) is 20.3 Å². The maximum absolute atomic E-state index is 8.44. The van der Waals surface area contributed by atoms with E-state index in [0.717, 1.165) is 22.1 Å². The third-order valence-electron chi connectivity index (χ3n) is 1.84. The van der Waals surface area contributed by atoms with Gasteiger partial charge < -0.3 is 9.47 Å². The van der Waals surface area contributed by atoms with Gasteiger partial charge in [0.15, 0.2) is 0 Å². The van der Waals surface area contributed by atoms with Crippen LogP contribution in [0.1, 0.15) is 6.42 Å². The Morgan fingerprint density at radius 3 is 2.73 bits per heavy atom. The molecule has 0 fully saturated rings. The molecule has 0 atom stereocenters. The van der Waals surface area contributed by atoms with Crippen molar-refractivity contribution in [2.75, 3.05) is 20.0 Å². The highest BCUT2D eigenvalue weighted by Crippen LogP contribution is 2.32. The van der Waals surface area contributed by atoms with Crippen molar-refractivity contribution in [2.24, 2.45) is 0 Å². The minimum absolute atomic E-state index is 0.542. The highest BCUT2D eigenvalue weighted by atomic mass is 32.2. The van der Waals surface area contributed by atoms with Crippen molar-refractivity contribution >= 4 is 11.8 Å². The number of thioether (sulfide) groups is 1. The number of ether oxygens (including phenoxy) is 2. The number of benzene rings is 1. The van der Waals surface area contributed by atoms with E-state index in [4.69, 9.17) is 14.7 Å². The van der Waals surface area contributed by atoms with Crippen LogP contribution >= 0.6 is 11.8 Å². The minimum Gasteiger partial charge on any atom is -0.497 e. The Morgan fingerprint density at radius 1 is 1.33 bits per heavy atom. The Bertz CT molecular complexity index is 360. The van der Waals surface area contributed by atoms with E-state index in [-0.39, 0.29) is 0 Å². The molecular formula is C11H13NO2S. The molecule has 0 radical (unpaired) electrons. The third-order valence-corrected chi connectivity index (χ3v) is 2.90. The second kappa shape index (κ2) is 6.20. The van der Waals surface area contributed by atoms with E-state index >= 15 is 0 Å². The van der Waals surface area contributed by atoms with E-state index in [9.17, 15) is 0 Å². The van der Waals surface area contributed by atoms with E-state index in [1.807, 2.05) is 18.2 Å². The number of methoxy groups -OCH3 is 2. The van der Waals surface area contributed by atoms with Crippen LogP contribution in [0.2, 0.25) is 0 Å². The highest BCUT2D eigenvalue weighted by molar-refractivity contribution is 7.99. The summed E-state index contributed by atoms with van der Waals surface area (Å²) in [6, 6.07) is 7.78. The molecule has 0 bridgehead atoms. The first-order chi connectivity index (χ1) is 7.31. The molecule has 1 aromatic carbocycles. The van der Waals surface area contributed by atoms with Crippen LogP contribution in [0.3, 0.4) is 0 Å². The van der Waals surface area contributed by atoms with Crippen molar-refractivity contribution in [2.45, 2.75) is 11.3 Å². The minimum atomic E-state index is 0.542. The summed E-state index contributed by atoms with van der Waals surface area (Å²) in [7, 11) is 3.25. The Balaban J connectivity index is 2.74. The van der Waals surface area contributed by atoms with Gasteiger partial charge in [0.1, 0.15) is 11.5 Å². The predicted molar refractivity (Wildman–Crippen MR) is 60.5 cm³/mol. The van der Waals surface area contributed by atoms with E-state index in [1.54, 1.807) is 26.0 Å². The molecule has 0 saturated carbocycles. The molecule has 0 aromatic heterocycles. The Kier molecular flexibility index (Phi) is 4.85. The maximum atomic E-state index is 8.44. The Hall–Kier alpha value is -1.34. The molecule has 0 heterocycles. The standard InChI is InChI=1S/C11H13NO2S/c1-13-9-4-5-11(10(8-9)14-2)15-7-3-6-12/h4-5,8H,3,7H2,1-2H3. The van der Waals surface area contributed by atoms with Crippen LogP contribution in [0.25, 0.3) is 0 Å². The van der Waals surface area contributed by atoms with Gasteiger partial charge in [-0.05, 0) is 12.1 Å². The van der Waals surface area contributed by atoms with Gasteiger partial charge in [0.25, 0.3) is 0 Å². The zero-order chi connectivity index (χ0) is 11.1. The molecule has 0 aliphatic rings. The summed E-state index contributed by atoms with van der Waals surface area (Å²) in [5, 5.41) is 8.44. The second-order valence-electron chi connectivity index (χ2n) is 2.77. The SMILES string of the molecule is COc1ccc(SCCC#N)c(OC)c1. The number of hydrogen-bond donors (Lipinski definition) is 0. The number of nitriles is 1. The van der Waals surface area contributed by atoms with Gasteiger partial charge >= 0.3 is 0 Å². The summed E-state index contributed by atoms with van der Waals surface area (Å²) in [5.74, 6) is 2.34. The predicted octanol–water partition coefficient (Wildman–Crippen LogP) is 2.71. The van der Waals surface area contributed by atoms with Crippen molar-refractivity contribution in [1.82, 2.24) is 0 Å². The van der Waals surface area contributed by atoms with Gasteiger partial charge in [-0.15, -0.1) is 11.8 Å². The van der Waals surface area contributed by atoms with E-state index in [2.05, 4.69) is 6.07 Å². The number of hydrogen-bond acceptors (Lipinski definition) is 4. The van der Waals surface area contributed by atoms with Crippen LogP contribution in [0.4, 0.5) is 0 Å². The molecule has 1 rings (SSSR count). The molecule has 0 amide bonds. The van der Waals surface area contributed by atoms with Crippen LogP contribution in [0.5, 0.6) is 11.5 Å². The van der Waals surface area contributed by atoms with E-state index in [0.29, 0.717) is 6.42 Å². The van der Waals surface area contributed by atoms with Gasteiger partial charge in [-0.25, -0.2) is 0 Å². The average Bonchev–Trinajstić information content (AvgIpc) is 2.29. The monoisotopic (exact) mass is 223 g/mol. The summed E-state index contributed by atoms with van der Waals surface area (Å²) in [5.41, 5.74) is 0. The fraction of sp³-hybridized carbons (Fsp3) is 0.364. The van der Waals surface area contributed by atoms with Gasteiger partial charge in [-0.3, -0.25) is 0 Å². The molecule has 1 aromatic rings. The highest BCUT2D eigenvalue weighted by Gasteiger charge is 2.04. The normalized spacial score (nSPS) is 9.40. The quantitative estimate of drug-likeness (QED) is 0.568. The number of nitrogens with zero attached hydrogens (tertiary/aromatic N) is 1. The topological polar surface area (TPSA) is 42.2 Å². The fourth-order valence-electron chi connectivity index (χ4n) is 1.10. The van der Waals surface area contributed by atoms with E-state index < -0.39 is 0 Å². The smallest absolute Gasteiger partial charge is 0.136 e. The summed E-state index contributed by atoms with van der Waals surface area (Å²) < 4.78 is 10.3. The Labute approximate surface area is 94.0 Å². The molecule has 80 valence electrons. The van der Waals surface area contributed by atoms with Gasteiger partial charge in [-0.2, -0.15) is 5.26 Å². The lowest BCUT2D eigenvalue weighted by Gasteiger charge is -2.08. The Morgan fingerprint density at radius 2 is 2.13 bits per heavy atom. The van der Waals surface area contributed by atoms with Gasteiger partial charge in [0, 0.05) is 23.1 Å². The molecule has 0 aliphatic heterocycles. The molecule has 0 aliphatic carbocycles. The molecule has 0 spiro atoms. The molecule has 15 heavy (non-hydrogen) atoms. The fourth-order valence-corrected chi connectivity index (χ4v) is 1.96. The van der Waals surface area contributed by atoms with Crippen LogP contribution in [-0.2, 0) is 0 Å². The summed E-state index contributed by atoms with van der Waals surface area (Å²) in [6.07, 6.45) is 0.542. The van der Waals surface area contributed by atoms with Crippen molar-refractivity contribution in [3.8, 4) is 17.6 Å². The average molecular weight is 223 g/mol. The maximum Gasteiger partial charge on any atom is 0.136 e. The van der Waals surface area contributed by atoms with Crippen molar-refractivity contribution in [3.63, 3.8) is 0 Å². The summed E-state index contributed by atoms with van der Waals surface area (Å²) in [4.78, 5) is 1.04. The molecule has 0 saturated heterocycles. The summed E-state index contributed by atoms with van der Waals surface area (Å²) in [6.45, 7) is 0. The molecule has 4 heteroatoms. The van der Waals surface area contributed by atoms with Gasteiger partial charge in [-0.1, -0.05) is 0 Å². The zero-order valence-electron chi connectivity index (χ0n) is 8.82. The third kappa shape index (κ3) is 3.37. The van der Waals surface area contributed by atoms with Crippen molar-refractivity contribution in [3.05, 3.63) is 18.2 Å². The second-order valence-corrected chi connectivity index (χ2v) is 3.91. The lowest BCUT2D eigenvalue weighted by Crippen LogP contribution is -1.89. The lowest BCUT2D eigenvalue weighted by molar-refractivity contribution is 0.387. The molecule has 3 nitrogen and oxygen atoms in total. The van der Waals surface area contributed by atoms with Crippen LogP contribution in [0.15, 0.2) is 23.1 Å². The van der Waals surface area contributed by atoms with Crippen LogP contribution < -0.4 is 9.47 Å². The summed E-state index contributed by atoms with van der Waals surface area (Å²) >= 11 is 1.61. The van der Waals surface area contributed by atoms with Crippen LogP contribution in [0, 0.1) is 11.3 Å². The lowest BCUT2D eigenvalue weighted by atomic mass is 10.3. The van der Waals surface area contributed by atoms with Crippen molar-refractivity contribution < 1.29 is 9.47 Å². The first-order valence-corrected chi connectivity index (χ1v) is 5.52. The van der Waals surface area contributed by atoms with Gasteiger partial charge in [0.2, 0.25) is 0 Å². The van der Waals surface area contributed by atoms with Crippen molar-refractivity contribution in [1.29, 1.82) is 5.26 Å².